The van der Waals surface area contributed by atoms with Gasteiger partial charge < -0.3 is 30.0 Å². The summed E-state index contributed by atoms with van der Waals surface area (Å²) in [6.07, 6.45) is -1.59. The highest BCUT2D eigenvalue weighted by Gasteiger charge is 2.48. The van der Waals surface area contributed by atoms with Crippen molar-refractivity contribution < 1.29 is 19.3 Å². The second-order valence-electron chi connectivity index (χ2n) is 5.09. The number of pyridine rings is 1. The van der Waals surface area contributed by atoms with Gasteiger partial charge >= 0.3 is 0 Å². The predicted octanol–water partition coefficient (Wildman–Crippen LogP) is 0.0994. The zero-order chi connectivity index (χ0) is 14.6. The molecule has 4 heterocycles. The van der Waals surface area contributed by atoms with Crippen molar-refractivity contribution in [2.75, 3.05) is 18.9 Å². The zero-order valence-electron chi connectivity index (χ0n) is 10.8. The average Bonchev–Trinajstić information content (AvgIpc) is 3.10. The first-order valence-electron chi connectivity index (χ1n) is 6.51. The number of aliphatic hydroxyl groups is 1. The highest BCUT2D eigenvalue weighted by molar-refractivity contribution is 6.33. The summed E-state index contributed by atoms with van der Waals surface area (Å²) in [7, 11) is 0. The van der Waals surface area contributed by atoms with E-state index in [1.165, 1.54) is 0 Å². The number of nitrogens with two attached hydrogens (primary N) is 1. The Morgan fingerprint density at radius 2 is 2.14 bits per heavy atom. The number of hydrogen-bond donors (Lipinski definition) is 3. The minimum absolute atomic E-state index is 0.216. The van der Waals surface area contributed by atoms with Crippen LogP contribution in [0.3, 0.4) is 0 Å². The Morgan fingerprint density at radius 3 is 3.00 bits per heavy atom. The van der Waals surface area contributed by atoms with E-state index in [-0.39, 0.29) is 30.7 Å². The quantitative estimate of drug-likeness (QED) is 0.720. The molecule has 2 fully saturated rings. The summed E-state index contributed by atoms with van der Waals surface area (Å²) in [6, 6.07) is 1.93. The first kappa shape index (κ1) is 13.1. The van der Waals surface area contributed by atoms with E-state index in [0.29, 0.717) is 28.8 Å². The minimum atomic E-state index is -0.612. The molecule has 2 saturated heterocycles. The molecule has 0 saturated carbocycles. The summed E-state index contributed by atoms with van der Waals surface area (Å²) < 4.78 is 16.7. The topological polar surface area (TPSA) is 116 Å². The lowest BCUT2D eigenvalue weighted by Crippen LogP contribution is -2.34. The van der Waals surface area contributed by atoms with Crippen LogP contribution in [0, 0.1) is 0 Å². The van der Waals surface area contributed by atoms with Gasteiger partial charge in [0.15, 0.2) is 11.8 Å². The maximum atomic E-state index is 9.69. The van der Waals surface area contributed by atoms with E-state index in [1.54, 1.807) is 6.07 Å². The summed E-state index contributed by atoms with van der Waals surface area (Å²) in [5.41, 5.74) is 6.70. The Hall–Kier alpha value is -1.61. The number of rotatable bonds is 2. The van der Waals surface area contributed by atoms with Gasteiger partial charge in [0.25, 0.3) is 6.01 Å². The fourth-order valence-electron chi connectivity index (χ4n) is 2.65. The zero-order valence-corrected chi connectivity index (χ0v) is 11.6. The molecule has 2 aromatic rings. The van der Waals surface area contributed by atoms with Gasteiger partial charge in [-0.25, -0.2) is 4.98 Å². The fraction of sp³-hybridized carbons (Fsp3) is 0.500. The first-order chi connectivity index (χ1) is 10.1. The Morgan fingerprint density at radius 1 is 1.33 bits per heavy atom. The van der Waals surface area contributed by atoms with Crippen LogP contribution in [-0.2, 0) is 9.47 Å². The highest BCUT2D eigenvalue weighted by atomic mass is 35.5. The third-order valence-corrected chi connectivity index (χ3v) is 3.98. The molecule has 8 nitrogen and oxygen atoms in total. The number of ether oxygens (including phenoxy) is 3. The van der Waals surface area contributed by atoms with E-state index in [2.05, 4.69) is 15.0 Å². The molecule has 0 radical (unpaired) electrons. The summed E-state index contributed by atoms with van der Waals surface area (Å²) in [6.45, 7) is 0.586. The number of H-pyrrole nitrogens is 1. The van der Waals surface area contributed by atoms with Crippen LogP contribution >= 0.6 is 11.6 Å². The van der Waals surface area contributed by atoms with Gasteiger partial charge in [-0.05, 0) is 6.07 Å². The number of nitrogens with one attached hydrogen (secondary N) is 1. The lowest BCUT2D eigenvalue weighted by atomic mass is 10.1. The molecule has 0 aromatic carbocycles. The molecule has 2 aliphatic rings. The van der Waals surface area contributed by atoms with Crippen LogP contribution in [0.2, 0.25) is 5.02 Å². The number of nitrogen functional groups attached to an aromatic ring is 1. The number of halogens is 1. The van der Waals surface area contributed by atoms with Crippen molar-refractivity contribution in [1.82, 2.24) is 15.0 Å². The third-order valence-electron chi connectivity index (χ3n) is 3.68. The number of hydrogen-bond acceptors (Lipinski definition) is 7. The molecule has 2 aliphatic heterocycles. The minimum Gasteiger partial charge on any atom is -0.456 e. The Labute approximate surface area is 124 Å². The van der Waals surface area contributed by atoms with E-state index in [0.717, 1.165) is 0 Å². The number of imidazole rings is 1. The van der Waals surface area contributed by atoms with Crippen LogP contribution in [0.1, 0.15) is 0 Å². The average molecular weight is 313 g/mol. The molecular formula is C12H13ClN4O4. The maximum Gasteiger partial charge on any atom is 0.296 e. The number of aliphatic hydroxyl groups excluding tert-OH is 1. The van der Waals surface area contributed by atoms with Crippen molar-refractivity contribution in [3.63, 3.8) is 0 Å². The van der Waals surface area contributed by atoms with Crippen LogP contribution in [0.5, 0.6) is 6.01 Å². The van der Waals surface area contributed by atoms with E-state index in [1.807, 2.05) is 0 Å². The standard InChI is InChI=1S/C12H13ClN4O4/c13-4-1-5-11(16-10(4)14)17-12(15-5)21-7-3-20-8-6(18)2-19-9(7)8/h1,6-9,18H,2-3H2,(H3,14,15,16,17)/t6-,7-,8?,9?/m1/s1. The number of aromatic amines is 1. The molecule has 4 rings (SSSR count). The molecule has 4 N–H and O–H groups in total. The first-order valence-corrected chi connectivity index (χ1v) is 6.89. The summed E-state index contributed by atoms with van der Waals surface area (Å²) in [5, 5.41) is 10.0. The smallest absolute Gasteiger partial charge is 0.296 e. The summed E-state index contributed by atoms with van der Waals surface area (Å²) >= 11 is 5.91. The molecule has 2 aromatic heterocycles. The molecule has 0 amide bonds. The monoisotopic (exact) mass is 312 g/mol. The van der Waals surface area contributed by atoms with Gasteiger partial charge in [-0.1, -0.05) is 11.6 Å². The molecule has 0 aliphatic carbocycles. The fourth-order valence-corrected chi connectivity index (χ4v) is 2.81. The van der Waals surface area contributed by atoms with Gasteiger partial charge in [-0.15, -0.1) is 0 Å². The van der Waals surface area contributed by atoms with E-state index in [9.17, 15) is 5.11 Å². The van der Waals surface area contributed by atoms with Crippen molar-refractivity contribution in [2.24, 2.45) is 0 Å². The molecule has 21 heavy (non-hydrogen) atoms. The normalized spacial score (nSPS) is 31.7. The van der Waals surface area contributed by atoms with Gasteiger partial charge in [0.05, 0.1) is 23.8 Å². The second-order valence-corrected chi connectivity index (χ2v) is 5.50. The van der Waals surface area contributed by atoms with Crippen molar-refractivity contribution in [3.8, 4) is 6.01 Å². The Kier molecular flexibility index (Phi) is 2.93. The molecule has 0 bridgehead atoms. The molecule has 0 spiro atoms. The van der Waals surface area contributed by atoms with Gasteiger partial charge in [-0.3, -0.25) is 0 Å². The van der Waals surface area contributed by atoms with Gasteiger partial charge in [-0.2, -0.15) is 4.98 Å². The van der Waals surface area contributed by atoms with Gasteiger partial charge in [0.2, 0.25) is 0 Å². The SMILES string of the molecule is Nc1nc2nc(O[C@@H]3COC4C3OC[C@H]4O)[nH]c2cc1Cl. The van der Waals surface area contributed by atoms with Crippen molar-refractivity contribution in [3.05, 3.63) is 11.1 Å². The number of nitrogens with zero attached hydrogens (tertiary/aromatic N) is 2. The Balaban J connectivity index is 1.57. The van der Waals surface area contributed by atoms with Crippen LogP contribution in [0.25, 0.3) is 11.2 Å². The van der Waals surface area contributed by atoms with Crippen molar-refractivity contribution in [2.45, 2.75) is 24.4 Å². The third kappa shape index (κ3) is 2.11. The maximum absolute atomic E-state index is 9.69. The second kappa shape index (κ2) is 4.70. The van der Waals surface area contributed by atoms with Crippen LogP contribution in [0.4, 0.5) is 5.82 Å². The number of fused-ring (bicyclic) bond motifs is 2. The number of anilines is 1. The largest absolute Gasteiger partial charge is 0.456 e. The van der Waals surface area contributed by atoms with E-state index < -0.39 is 6.10 Å². The van der Waals surface area contributed by atoms with Gasteiger partial charge in [0, 0.05) is 0 Å². The van der Waals surface area contributed by atoms with Crippen LogP contribution in [-0.4, -0.2) is 57.7 Å². The molecule has 2 unspecified atom stereocenters. The molecule has 9 heteroatoms. The molecular weight excluding hydrogens is 300 g/mol. The summed E-state index contributed by atoms with van der Waals surface area (Å²) in [5.74, 6) is 0.216. The van der Waals surface area contributed by atoms with Crippen LogP contribution in [0.15, 0.2) is 6.07 Å². The van der Waals surface area contributed by atoms with Gasteiger partial charge in [0.1, 0.15) is 24.1 Å². The van der Waals surface area contributed by atoms with Crippen LogP contribution < -0.4 is 10.5 Å². The number of aromatic nitrogens is 3. The van der Waals surface area contributed by atoms with E-state index in [4.69, 9.17) is 31.5 Å². The molecule has 4 atom stereocenters. The predicted molar refractivity (Wildman–Crippen MR) is 73.2 cm³/mol. The Bertz CT molecular complexity index is 654. The van der Waals surface area contributed by atoms with Crippen molar-refractivity contribution in [1.29, 1.82) is 0 Å². The lowest BCUT2D eigenvalue weighted by Gasteiger charge is -2.15. The van der Waals surface area contributed by atoms with E-state index >= 15 is 0 Å². The van der Waals surface area contributed by atoms with Crippen molar-refractivity contribution >= 4 is 28.6 Å². The molecule has 112 valence electrons. The highest BCUT2D eigenvalue weighted by Crippen LogP contribution is 2.30. The summed E-state index contributed by atoms with van der Waals surface area (Å²) in [4.78, 5) is 11.3. The lowest BCUT2D eigenvalue weighted by molar-refractivity contribution is 0.00706.